The van der Waals surface area contributed by atoms with Crippen LogP contribution in [0.4, 0.5) is 11.4 Å². The van der Waals surface area contributed by atoms with Gasteiger partial charge in [-0.25, -0.2) is 0 Å². The molecule has 25 heavy (non-hydrogen) atoms. The van der Waals surface area contributed by atoms with Gasteiger partial charge in [0.2, 0.25) is 0 Å². The van der Waals surface area contributed by atoms with Crippen LogP contribution >= 0.6 is 0 Å². The Labute approximate surface area is 145 Å². The van der Waals surface area contributed by atoms with Gasteiger partial charge in [-0.1, -0.05) is 31.2 Å². The van der Waals surface area contributed by atoms with Crippen molar-refractivity contribution >= 4 is 32.3 Å². The van der Waals surface area contributed by atoms with Crippen LogP contribution in [0.15, 0.2) is 69.7 Å². The Morgan fingerprint density at radius 3 is 2.32 bits per heavy atom. The van der Waals surface area contributed by atoms with Crippen molar-refractivity contribution in [1.82, 2.24) is 0 Å². The van der Waals surface area contributed by atoms with Gasteiger partial charge in [-0.2, -0.15) is 13.5 Å². The second-order valence-electron chi connectivity index (χ2n) is 5.51. The van der Waals surface area contributed by atoms with Crippen LogP contribution in [0.5, 0.6) is 5.75 Å². The number of aromatic hydroxyl groups is 1. The van der Waals surface area contributed by atoms with Gasteiger partial charge in [0.1, 0.15) is 11.4 Å². The van der Waals surface area contributed by atoms with Crippen LogP contribution in [0.2, 0.25) is 0 Å². The maximum atomic E-state index is 11.0. The quantitative estimate of drug-likeness (QED) is 0.519. The van der Waals surface area contributed by atoms with E-state index in [-0.39, 0.29) is 10.6 Å². The molecule has 0 atom stereocenters. The lowest BCUT2D eigenvalue weighted by Crippen LogP contribution is -1.96. The normalized spacial score (nSPS) is 12.1. The Hall–Kier alpha value is -2.77. The van der Waals surface area contributed by atoms with Crippen molar-refractivity contribution in [3.05, 3.63) is 60.2 Å². The number of hydrogen-bond acceptors (Lipinski definition) is 5. The molecule has 0 aliphatic heterocycles. The zero-order chi connectivity index (χ0) is 18.0. The van der Waals surface area contributed by atoms with E-state index in [1.807, 2.05) is 24.3 Å². The molecule has 0 heterocycles. The number of hydrogen-bond donors (Lipinski definition) is 2. The molecule has 128 valence electrons. The predicted molar refractivity (Wildman–Crippen MR) is 95.4 cm³/mol. The topological polar surface area (TPSA) is 99.3 Å². The van der Waals surface area contributed by atoms with E-state index in [0.717, 1.165) is 17.2 Å². The third-order valence-corrected chi connectivity index (χ3v) is 4.71. The van der Waals surface area contributed by atoms with E-state index in [1.54, 1.807) is 6.07 Å². The first kappa shape index (κ1) is 17.1. The maximum absolute atomic E-state index is 11.0. The van der Waals surface area contributed by atoms with Crippen molar-refractivity contribution in [2.75, 3.05) is 0 Å². The number of rotatable bonds is 4. The third-order valence-electron chi connectivity index (χ3n) is 3.84. The molecule has 7 heteroatoms. The minimum atomic E-state index is -4.24. The van der Waals surface area contributed by atoms with E-state index in [0.29, 0.717) is 11.4 Å². The summed E-state index contributed by atoms with van der Waals surface area (Å²) in [7, 11) is -4.24. The van der Waals surface area contributed by atoms with Gasteiger partial charge in [0, 0.05) is 5.39 Å². The Morgan fingerprint density at radius 2 is 1.68 bits per heavy atom. The van der Waals surface area contributed by atoms with Crippen LogP contribution in [-0.2, 0) is 16.5 Å². The Balaban J connectivity index is 1.99. The van der Waals surface area contributed by atoms with Gasteiger partial charge in [-0.05, 0) is 47.7 Å². The second kappa shape index (κ2) is 6.62. The molecule has 0 spiro atoms. The molecular formula is C18H16N2O4S. The summed E-state index contributed by atoms with van der Waals surface area (Å²) in [5.41, 5.74) is 1.93. The molecule has 0 aliphatic carbocycles. The molecule has 3 aromatic carbocycles. The van der Waals surface area contributed by atoms with E-state index in [4.69, 9.17) is 4.55 Å². The Kier molecular flexibility index (Phi) is 4.52. The smallest absolute Gasteiger partial charge is 0.294 e. The van der Waals surface area contributed by atoms with Crippen molar-refractivity contribution in [3.8, 4) is 5.75 Å². The van der Waals surface area contributed by atoms with Crippen LogP contribution in [0.25, 0.3) is 10.8 Å². The van der Waals surface area contributed by atoms with E-state index in [2.05, 4.69) is 17.2 Å². The van der Waals surface area contributed by atoms with Gasteiger partial charge >= 0.3 is 0 Å². The molecule has 0 aromatic heterocycles. The number of azo groups is 1. The van der Waals surface area contributed by atoms with Gasteiger partial charge in [0.15, 0.2) is 0 Å². The summed E-state index contributed by atoms with van der Waals surface area (Å²) in [5.74, 6) is 0.00931. The van der Waals surface area contributed by atoms with Crippen molar-refractivity contribution in [2.45, 2.75) is 18.2 Å². The van der Waals surface area contributed by atoms with Crippen molar-refractivity contribution in [1.29, 1.82) is 0 Å². The highest BCUT2D eigenvalue weighted by atomic mass is 32.2. The molecule has 3 rings (SSSR count). The molecule has 2 N–H and O–H groups in total. The lowest BCUT2D eigenvalue weighted by atomic mass is 10.0. The van der Waals surface area contributed by atoms with E-state index in [9.17, 15) is 13.5 Å². The summed E-state index contributed by atoms with van der Waals surface area (Å²) in [4.78, 5) is -0.216. The summed E-state index contributed by atoms with van der Waals surface area (Å²) < 4.78 is 31.0. The van der Waals surface area contributed by atoms with Crippen LogP contribution in [-0.4, -0.2) is 18.1 Å². The number of phenols is 1. The summed E-state index contributed by atoms with van der Waals surface area (Å²) in [5, 5.41) is 20.0. The summed E-state index contributed by atoms with van der Waals surface area (Å²) in [6.45, 7) is 2.07. The van der Waals surface area contributed by atoms with E-state index >= 15 is 0 Å². The minimum Gasteiger partial charge on any atom is -0.506 e. The Bertz CT molecular complexity index is 1060. The van der Waals surface area contributed by atoms with Crippen molar-refractivity contribution in [2.24, 2.45) is 10.2 Å². The molecule has 3 aromatic rings. The fourth-order valence-corrected chi connectivity index (χ4v) is 2.95. The summed E-state index contributed by atoms with van der Waals surface area (Å²) in [6.07, 6.45) is 0.910. The summed E-state index contributed by atoms with van der Waals surface area (Å²) in [6, 6.07) is 14.6. The van der Waals surface area contributed by atoms with Gasteiger partial charge in [-0.3, -0.25) is 4.55 Å². The highest BCUT2D eigenvalue weighted by Gasteiger charge is 2.09. The fraction of sp³-hybridized carbons (Fsp3) is 0.111. The highest BCUT2D eigenvalue weighted by Crippen LogP contribution is 2.36. The van der Waals surface area contributed by atoms with Gasteiger partial charge in [-0.15, -0.1) is 5.11 Å². The van der Waals surface area contributed by atoms with Gasteiger partial charge in [0.05, 0.1) is 10.6 Å². The molecule has 0 saturated carbocycles. The second-order valence-corrected chi connectivity index (χ2v) is 6.93. The minimum absolute atomic E-state index is 0.00931. The van der Waals surface area contributed by atoms with Crippen LogP contribution in [0, 0.1) is 0 Å². The van der Waals surface area contributed by atoms with Crippen LogP contribution in [0.3, 0.4) is 0 Å². The number of phenolic OH excluding ortho intramolecular Hbond substituents is 1. The van der Waals surface area contributed by atoms with Gasteiger partial charge in [0.25, 0.3) is 10.1 Å². The van der Waals surface area contributed by atoms with E-state index < -0.39 is 10.1 Å². The SMILES string of the molecule is CCc1ccc2c(N=Nc3ccc(S(=O)(=O)O)cc3)c(O)ccc2c1. The average molecular weight is 356 g/mol. The number of benzene rings is 3. The van der Waals surface area contributed by atoms with Crippen LogP contribution in [0.1, 0.15) is 12.5 Å². The number of nitrogens with zero attached hydrogens (tertiary/aromatic N) is 2. The molecule has 0 saturated heterocycles. The number of aryl methyl sites for hydroxylation is 1. The molecule has 0 radical (unpaired) electrons. The number of fused-ring (bicyclic) bond motifs is 1. The fourth-order valence-electron chi connectivity index (χ4n) is 2.47. The first-order valence-corrected chi connectivity index (χ1v) is 9.06. The zero-order valence-electron chi connectivity index (χ0n) is 13.4. The van der Waals surface area contributed by atoms with E-state index in [1.165, 1.54) is 29.8 Å². The maximum Gasteiger partial charge on any atom is 0.294 e. The largest absolute Gasteiger partial charge is 0.506 e. The molecule has 0 aliphatic rings. The molecule has 0 amide bonds. The predicted octanol–water partition coefficient (Wildman–Crippen LogP) is 4.77. The molecular weight excluding hydrogens is 340 g/mol. The summed E-state index contributed by atoms with van der Waals surface area (Å²) >= 11 is 0. The average Bonchev–Trinajstić information content (AvgIpc) is 2.60. The lowest BCUT2D eigenvalue weighted by molar-refractivity contribution is 0.477. The monoisotopic (exact) mass is 356 g/mol. The highest BCUT2D eigenvalue weighted by molar-refractivity contribution is 7.85. The standard InChI is InChI=1S/C18H16N2O4S/c1-2-12-3-9-16-13(11-12)4-10-17(21)18(16)20-19-14-5-7-15(8-6-14)25(22,23)24/h3-11,21H,2H2,1H3,(H,22,23,24). The molecule has 0 unspecified atom stereocenters. The first-order chi connectivity index (χ1) is 11.9. The molecule has 6 nitrogen and oxygen atoms in total. The van der Waals surface area contributed by atoms with Crippen molar-refractivity contribution < 1.29 is 18.1 Å². The molecule has 0 bridgehead atoms. The van der Waals surface area contributed by atoms with Crippen LogP contribution < -0.4 is 0 Å². The zero-order valence-corrected chi connectivity index (χ0v) is 14.2. The first-order valence-electron chi connectivity index (χ1n) is 7.62. The van der Waals surface area contributed by atoms with Gasteiger partial charge < -0.3 is 5.11 Å². The lowest BCUT2D eigenvalue weighted by Gasteiger charge is -2.06. The third kappa shape index (κ3) is 3.67. The molecule has 0 fully saturated rings. The van der Waals surface area contributed by atoms with Crippen molar-refractivity contribution in [3.63, 3.8) is 0 Å². The Morgan fingerprint density at radius 1 is 0.960 bits per heavy atom.